The summed E-state index contributed by atoms with van der Waals surface area (Å²) in [7, 11) is 0. The van der Waals surface area contributed by atoms with Crippen LogP contribution in [0.25, 0.3) is 0 Å². The number of aromatic nitrogens is 2. The summed E-state index contributed by atoms with van der Waals surface area (Å²) in [6.07, 6.45) is 4.91. The molecule has 6 nitrogen and oxygen atoms in total. The number of aromatic hydroxyl groups is 1. The van der Waals surface area contributed by atoms with Gasteiger partial charge in [-0.1, -0.05) is 0 Å². The lowest BCUT2D eigenvalue weighted by atomic mass is 10.1. The monoisotopic (exact) mass is 324 g/mol. The molecule has 6 heteroatoms. The number of hydrogen-bond acceptors (Lipinski definition) is 5. The molecule has 1 saturated heterocycles. The van der Waals surface area contributed by atoms with Crippen molar-refractivity contribution in [3.8, 4) is 5.75 Å². The summed E-state index contributed by atoms with van der Waals surface area (Å²) in [5.74, 6) is 1.24. The number of phenols is 1. The number of nitrogens with zero attached hydrogens (tertiary/aromatic N) is 4. The van der Waals surface area contributed by atoms with Gasteiger partial charge in [-0.15, -0.1) is 0 Å². The molecule has 1 aliphatic heterocycles. The number of rotatable bonds is 2. The van der Waals surface area contributed by atoms with Crippen LogP contribution in [-0.4, -0.2) is 52.1 Å². The summed E-state index contributed by atoms with van der Waals surface area (Å²) < 4.78 is 0. The van der Waals surface area contributed by atoms with Gasteiger partial charge in [-0.2, -0.15) is 0 Å². The summed E-state index contributed by atoms with van der Waals surface area (Å²) in [5.41, 5.74) is 3.09. The Bertz CT molecular complexity index is 752. The van der Waals surface area contributed by atoms with Crippen molar-refractivity contribution in [2.45, 2.75) is 19.3 Å². The van der Waals surface area contributed by atoms with Crippen molar-refractivity contribution in [3.63, 3.8) is 0 Å². The number of carbonyl (C=O) groups excluding carboxylic acids is 1. The third kappa shape index (κ3) is 2.68. The van der Waals surface area contributed by atoms with Gasteiger partial charge in [0.15, 0.2) is 0 Å². The lowest BCUT2D eigenvalue weighted by Crippen LogP contribution is -2.49. The van der Waals surface area contributed by atoms with Gasteiger partial charge in [0.2, 0.25) is 0 Å². The maximum atomic E-state index is 12.5. The van der Waals surface area contributed by atoms with Crippen molar-refractivity contribution in [1.29, 1.82) is 0 Å². The first-order valence-corrected chi connectivity index (χ1v) is 8.38. The average Bonchev–Trinajstić information content (AvgIpc) is 3.11. The van der Waals surface area contributed by atoms with E-state index in [1.165, 1.54) is 11.3 Å². The second-order valence-electron chi connectivity index (χ2n) is 6.30. The Morgan fingerprint density at radius 2 is 1.75 bits per heavy atom. The van der Waals surface area contributed by atoms with Gasteiger partial charge in [0.1, 0.15) is 17.9 Å². The fourth-order valence-electron chi connectivity index (χ4n) is 3.52. The molecule has 1 fully saturated rings. The molecule has 0 saturated carbocycles. The number of aryl methyl sites for hydroxylation is 1. The first-order valence-electron chi connectivity index (χ1n) is 8.38. The normalized spacial score (nSPS) is 17.0. The molecule has 0 spiro atoms. The summed E-state index contributed by atoms with van der Waals surface area (Å²) >= 11 is 0. The van der Waals surface area contributed by atoms with E-state index in [9.17, 15) is 9.90 Å². The Labute approximate surface area is 140 Å². The topological polar surface area (TPSA) is 69.6 Å². The van der Waals surface area contributed by atoms with Gasteiger partial charge in [-0.3, -0.25) is 4.79 Å². The molecule has 2 aromatic rings. The van der Waals surface area contributed by atoms with E-state index in [1.807, 2.05) is 4.90 Å². The van der Waals surface area contributed by atoms with E-state index < -0.39 is 0 Å². The van der Waals surface area contributed by atoms with Crippen LogP contribution in [0.3, 0.4) is 0 Å². The van der Waals surface area contributed by atoms with Crippen molar-refractivity contribution in [2.24, 2.45) is 0 Å². The van der Waals surface area contributed by atoms with E-state index in [4.69, 9.17) is 0 Å². The van der Waals surface area contributed by atoms with E-state index in [2.05, 4.69) is 14.9 Å². The van der Waals surface area contributed by atoms with Crippen molar-refractivity contribution in [1.82, 2.24) is 14.9 Å². The zero-order valence-corrected chi connectivity index (χ0v) is 13.5. The maximum Gasteiger partial charge on any atom is 0.253 e. The maximum absolute atomic E-state index is 12.5. The highest BCUT2D eigenvalue weighted by Crippen LogP contribution is 2.28. The minimum Gasteiger partial charge on any atom is -0.508 e. The Morgan fingerprint density at radius 1 is 1.00 bits per heavy atom. The zero-order valence-electron chi connectivity index (χ0n) is 13.5. The molecule has 2 aliphatic rings. The molecule has 0 radical (unpaired) electrons. The van der Waals surface area contributed by atoms with E-state index in [-0.39, 0.29) is 11.7 Å². The number of anilines is 1. The number of piperazine rings is 1. The van der Waals surface area contributed by atoms with Crippen LogP contribution in [0.2, 0.25) is 0 Å². The third-order valence-electron chi connectivity index (χ3n) is 4.83. The summed E-state index contributed by atoms with van der Waals surface area (Å²) in [5, 5.41) is 9.34. The number of benzene rings is 1. The molecule has 4 rings (SSSR count). The van der Waals surface area contributed by atoms with Gasteiger partial charge >= 0.3 is 0 Å². The van der Waals surface area contributed by atoms with Crippen molar-refractivity contribution in [2.75, 3.05) is 31.1 Å². The predicted molar refractivity (Wildman–Crippen MR) is 90.3 cm³/mol. The average molecular weight is 324 g/mol. The molecule has 2 heterocycles. The van der Waals surface area contributed by atoms with Crippen LogP contribution in [0.5, 0.6) is 5.75 Å². The lowest BCUT2D eigenvalue weighted by molar-refractivity contribution is 0.0746. The Kier molecular flexibility index (Phi) is 3.80. The highest BCUT2D eigenvalue weighted by molar-refractivity contribution is 5.94. The lowest BCUT2D eigenvalue weighted by Gasteiger charge is -2.36. The molecule has 0 unspecified atom stereocenters. The van der Waals surface area contributed by atoms with Gasteiger partial charge in [0.25, 0.3) is 5.91 Å². The molecule has 0 bridgehead atoms. The van der Waals surface area contributed by atoms with Gasteiger partial charge in [-0.25, -0.2) is 9.97 Å². The largest absolute Gasteiger partial charge is 0.508 e. The summed E-state index contributed by atoms with van der Waals surface area (Å²) in [4.78, 5) is 25.6. The second-order valence-corrected chi connectivity index (χ2v) is 6.30. The molecule has 1 aromatic heterocycles. The second kappa shape index (κ2) is 6.11. The van der Waals surface area contributed by atoms with Crippen molar-refractivity contribution in [3.05, 3.63) is 47.4 Å². The van der Waals surface area contributed by atoms with Gasteiger partial charge < -0.3 is 14.9 Å². The highest BCUT2D eigenvalue weighted by Gasteiger charge is 2.26. The number of amides is 1. The third-order valence-corrected chi connectivity index (χ3v) is 4.83. The van der Waals surface area contributed by atoms with E-state index >= 15 is 0 Å². The highest BCUT2D eigenvalue weighted by atomic mass is 16.3. The van der Waals surface area contributed by atoms with Crippen LogP contribution in [0.15, 0.2) is 30.6 Å². The van der Waals surface area contributed by atoms with Gasteiger partial charge in [-0.05, 0) is 43.5 Å². The molecule has 1 N–H and O–H groups in total. The molecule has 1 amide bonds. The smallest absolute Gasteiger partial charge is 0.253 e. The number of carbonyl (C=O) groups is 1. The van der Waals surface area contributed by atoms with Crippen LogP contribution in [0.1, 0.15) is 28.0 Å². The fraction of sp³-hybridized carbons (Fsp3) is 0.389. The van der Waals surface area contributed by atoms with Crippen molar-refractivity contribution < 1.29 is 9.90 Å². The van der Waals surface area contributed by atoms with Crippen LogP contribution in [0, 0.1) is 0 Å². The molecular formula is C18H20N4O2. The van der Waals surface area contributed by atoms with Crippen LogP contribution < -0.4 is 4.90 Å². The van der Waals surface area contributed by atoms with Crippen LogP contribution in [0.4, 0.5) is 5.82 Å². The fourth-order valence-corrected chi connectivity index (χ4v) is 3.52. The minimum absolute atomic E-state index is 0.0163. The van der Waals surface area contributed by atoms with Gasteiger partial charge in [0, 0.05) is 43.0 Å². The zero-order chi connectivity index (χ0) is 16.5. The Morgan fingerprint density at radius 3 is 2.50 bits per heavy atom. The standard InChI is InChI=1S/C18H20N4O2/c23-14-6-4-13(5-7-14)18(24)22-10-8-21(9-11-22)17-15-2-1-3-16(15)19-12-20-17/h4-7,12,23H,1-3,8-11H2. The first-order chi connectivity index (χ1) is 11.7. The SMILES string of the molecule is O=C(c1ccc(O)cc1)N1CCN(c2ncnc3c2CCC3)CC1. The summed E-state index contributed by atoms with van der Waals surface area (Å²) in [6, 6.07) is 6.43. The van der Waals surface area contributed by atoms with E-state index in [1.54, 1.807) is 30.6 Å². The molecular weight excluding hydrogens is 304 g/mol. The van der Waals surface area contributed by atoms with E-state index in [0.29, 0.717) is 18.7 Å². The van der Waals surface area contributed by atoms with Crippen molar-refractivity contribution >= 4 is 11.7 Å². The molecule has 24 heavy (non-hydrogen) atoms. The minimum atomic E-state index is 0.0163. The molecule has 1 aromatic carbocycles. The Hall–Kier alpha value is -2.63. The van der Waals surface area contributed by atoms with Crippen LogP contribution >= 0.6 is 0 Å². The predicted octanol–water partition coefficient (Wildman–Crippen LogP) is 1.63. The van der Waals surface area contributed by atoms with Gasteiger partial charge in [0.05, 0.1) is 0 Å². The van der Waals surface area contributed by atoms with E-state index in [0.717, 1.165) is 38.2 Å². The molecule has 0 atom stereocenters. The molecule has 124 valence electrons. The Balaban J connectivity index is 1.45. The van der Waals surface area contributed by atoms with Crippen LogP contribution in [-0.2, 0) is 12.8 Å². The molecule has 1 aliphatic carbocycles. The first kappa shape index (κ1) is 14.9. The summed E-state index contributed by atoms with van der Waals surface area (Å²) in [6.45, 7) is 2.93. The number of fused-ring (bicyclic) bond motifs is 1. The number of phenolic OH excluding ortho intramolecular Hbond substituents is 1. The number of hydrogen-bond donors (Lipinski definition) is 1. The quantitative estimate of drug-likeness (QED) is 0.909.